The molecule has 0 aliphatic rings. The number of rotatable bonds is 7. The predicted molar refractivity (Wildman–Crippen MR) is 90.7 cm³/mol. The summed E-state index contributed by atoms with van der Waals surface area (Å²) in [4.78, 5) is 23.6. The number of hydrogen-bond donors (Lipinski definition) is 1. The third-order valence-corrected chi connectivity index (χ3v) is 3.50. The van der Waals surface area contributed by atoms with Crippen LogP contribution in [0.5, 0.6) is 5.75 Å². The van der Waals surface area contributed by atoms with Gasteiger partial charge in [0.15, 0.2) is 0 Å². The van der Waals surface area contributed by atoms with Crippen molar-refractivity contribution in [3.8, 4) is 5.75 Å². The molecule has 2 rings (SSSR count). The van der Waals surface area contributed by atoms with Crippen LogP contribution in [0, 0.1) is 0 Å². The van der Waals surface area contributed by atoms with Gasteiger partial charge in [-0.1, -0.05) is 42.5 Å². The van der Waals surface area contributed by atoms with Gasteiger partial charge < -0.3 is 14.8 Å². The fourth-order valence-electron chi connectivity index (χ4n) is 2.28. The van der Waals surface area contributed by atoms with Crippen LogP contribution in [0.4, 0.5) is 0 Å². The van der Waals surface area contributed by atoms with E-state index in [-0.39, 0.29) is 5.91 Å². The third-order valence-electron chi connectivity index (χ3n) is 3.50. The summed E-state index contributed by atoms with van der Waals surface area (Å²) in [6, 6.07) is 16.6. The zero-order valence-corrected chi connectivity index (χ0v) is 13.8. The van der Waals surface area contributed by atoms with Crippen LogP contribution in [0.3, 0.4) is 0 Å². The molecule has 0 saturated carbocycles. The lowest BCUT2D eigenvalue weighted by Crippen LogP contribution is -2.33. The zero-order chi connectivity index (χ0) is 17.4. The van der Waals surface area contributed by atoms with Crippen molar-refractivity contribution in [1.29, 1.82) is 0 Å². The number of hydrogen-bond acceptors (Lipinski definition) is 4. The molecule has 126 valence electrons. The first-order chi connectivity index (χ1) is 11.6. The maximum Gasteiger partial charge on any atom is 0.303 e. The van der Waals surface area contributed by atoms with E-state index in [2.05, 4.69) is 5.32 Å². The Balaban J connectivity index is 1.93. The molecule has 0 spiro atoms. The van der Waals surface area contributed by atoms with E-state index < -0.39 is 12.1 Å². The minimum atomic E-state index is -0.931. The van der Waals surface area contributed by atoms with Crippen LogP contribution in [0.1, 0.15) is 24.2 Å². The van der Waals surface area contributed by atoms with Gasteiger partial charge in [0.2, 0.25) is 6.10 Å². The molecule has 1 atom stereocenters. The van der Waals surface area contributed by atoms with Crippen LogP contribution >= 0.6 is 0 Å². The van der Waals surface area contributed by atoms with Crippen LogP contribution < -0.4 is 10.1 Å². The molecule has 2 aromatic carbocycles. The predicted octanol–water partition coefficient (Wildman–Crippen LogP) is 2.66. The largest absolute Gasteiger partial charge is 0.497 e. The lowest BCUT2D eigenvalue weighted by Gasteiger charge is -2.17. The summed E-state index contributed by atoms with van der Waals surface area (Å²) in [6.45, 7) is 1.75. The fourth-order valence-corrected chi connectivity index (χ4v) is 2.28. The first-order valence-corrected chi connectivity index (χ1v) is 7.73. The van der Waals surface area contributed by atoms with Gasteiger partial charge in [0.05, 0.1) is 7.11 Å². The molecule has 1 N–H and O–H groups in total. The van der Waals surface area contributed by atoms with Gasteiger partial charge in [-0.25, -0.2) is 0 Å². The molecular formula is C19H21NO4. The number of carbonyl (C=O) groups is 2. The summed E-state index contributed by atoms with van der Waals surface area (Å²) in [5.41, 5.74) is 1.73. The van der Waals surface area contributed by atoms with Gasteiger partial charge in [-0.3, -0.25) is 9.59 Å². The molecule has 2 aromatic rings. The van der Waals surface area contributed by atoms with Gasteiger partial charge in [0, 0.05) is 19.0 Å². The molecule has 1 amide bonds. The molecule has 5 nitrogen and oxygen atoms in total. The summed E-state index contributed by atoms with van der Waals surface area (Å²) in [7, 11) is 1.62. The van der Waals surface area contributed by atoms with Crippen molar-refractivity contribution in [2.75, 3.05) is 13.7 Å². The lowest BCUT2D eigenvalue weighted by atomic mass is 10.1. The van der Waals surface area contributed by atoms with Gasteiger partial charge in [-0.15, -0.1) is 0 Å². The Morgan fingerprint density at radius 3 is 2.29 bits per heavy atom. The Kier molecular flexibility index (Phi) is 6.37. The number of methoxy groups -OCH3 is 1. The maximum absolute atomic E-state index is 12.4. The monoisotopic (exact) mass is 327 g/mol. The first-order valence-electron chi connectivity index (χ1n) is 7.73. The van der Waals surface area contributed by atoms with Crippen LogP contribution in [0.15, 0.2) is 54.6 Å². The highest BCUT2D eigenvalue weighted by molar-refractivity contribution is 5.84. The van der Waals surface area contributed by atoms with Crippen molar-refractivity contribution < 1.29 is 19.1 Å². The number of benzene rings is 2. The molecule has 0 heterocycles. The topological polar surface area (TPSA) is 64.6 Å². The Morgan fingerprint density at radius 1 is 1.04 bits per heavy atom. The van der Waals surface area contributed by atoms with Crippen molar-refractivity contribution >= 4 is 11.9 Å². The summed E-state index contributed by atoms with van der Waals surface area (Å²) in [6.07, 6.45) is -0.253. The highest BCUT2D eigenvalue weighted by Crippen LogP contribution is 2.17. The molecule has 0 bridgehead atoms. The Morgan fingerprint density at radius 2 is 1.71 bits per heavy atom. The third kappa shape index (κ3) is 5.12. The van der Waals surface area contributed by atoms with Gasteiger partial charge in [-0.05, 0) is 24.1 Å². The van der Waals surface area contributed by atoms with Crippen LogP contribution in [0.25, 0.3) is 0 Å². The van der Waals surface area contributed by atoms with E-state index in [1.54, 1.807) is 31.4 Å². The molecule has 0 radical (unpaired) electrons. The molecule has 0 fully saturated rings. The van der Waals surface area contributed by atoms with Gasteiger partial charge in [0.1, 0.15) is 5.75 Å². The molecule has 5 heteroatoms. The molecule has 0 aliphatic heterocycles. The molecule has 0 aromatic heterocycles. The SMILES string of the molecule is COc1ccc(CCNC(=O)C(OC(C)=O)c2ccccc2)cc1. The highest BCUT2D eigenvalue weighted by Gasteiger charge is 2.23. The van der Waals surface area contributed by atoms with E-state index in [1.807, 2.05) is 30.3 Å². The normalized spacial score (nSPS) is 11.4. The number of amides is 1. The maximum atomic E-state index is 12.4. The standard InChI is InChI=1S/C19H21NO4/c1-14(21)24-18(16-6-4-3-5-7-16)19(22)20-13-12-15-8-10-17(23-2)11-9-15/h3-11,18H,12-13H2,1-2H3,(H,20,22). The van der Waals surface area contributed by atoms with Crippen molar-refractivity contribution in [3.05, 3.63) is 65.7 Å². The van der Waals surface area contributed by atoms with E-state index in [1.165, 1.54) is 6.92 Å². The van der Waals surface area contributed by atoms with Gasteiger partial charge in [0.25, 0.3) is 5.91 Å². The van der Waals surface area contributed by atoms with Crippen LogP contribution in [-0.4, -0.2) is 25.5 Å². The second-order valence-electron chi connectivity index (χ2n) is 5.29. The average molecular weight is 327 g/mol. The molecule has 0 saturated heterocycles. The molecule has 0 aliphatic carbocycles. The zero-order valence-electron chi connectivity index (χ0n) is 13.8. The average Bonchev–Trinajstić information content (AvgIpc) is 2.60. The lowest BCUT2D eigenvalue weighted by molar-refractivity contribution is -0.154. The molecule has 24 heavy (non-hydrogen) atoms. The smallest absolute Gasteiger partial charge is 0.303 e. The van der Waals surface area contributed by atoms with E-state index in [0.29, 0.717) is 18.5 Å². The Hall–Kier alpha value is -2.82. The summed E-state index contributed by atoms with van der Waals surface area (Å²) in [5, 5.41) is 2.82. The summed E-state index contributed by atoms with van der Waals surface area (Å²) < 4.78 is 10.3. The summed E-state index contributed by atoms with van der Waals surface area (Å²) >= 11 is 0. The van der Waals surface area contributed by atoms with Gasteiger partial charge >= 0.3 is 5.97 Å². The van der Waals surface area contributed by atoms with Crippen molar-refractivity contribution in [2.45, 2.75) is 19.4 Å². The van der Waals surface area contributed by atoms with Crippen LogP contribution in [-0.2, 0) is 20.7 Å². The summed E-state index contributed by atoms with van der Waals surface area (Å²) in [5.74, 6) is -0.0270. The fraction of sp³-hybridized carbons (Fsp3) is 0.263. The highest BCUT2D eigenvalue weighted by atomic mass is 16.5. The van der Waals surface area contributed by atoms with E-state index >= 15 is 0 Å². The minimum Gasteiger partial charge on any atom is -0.497 e. The molecule has 1 unspecified atom stereocenters. The van der Waals surface area contributed by atoms with Crippen molar-refractivity contribution in [1.82, 2.24) is 5.32 Å². The number of ether oxygens (including phenoxy) is 2. The van der Waals surface area contributed by atoms with Crippen LogP contribution in [0.2, 0.25) is 0 Å². The minimum absolute atomic E-state index is 0.329. The van der Waals surface area contributed by atoms with Crippen molar-refractivity contribution in [3.63, 3.8) is 0 Å². The second kappa shape index (κ2) is 8.72. The molecular weight excluding hydrogens is 306 g/mol. The number of nitrogens with one attached hydrogen (secondary N) is 1. The number of carbonyl (C=O) groups excluding carboxylic acids is 2. The first kappa shape index (κ1) is 17.5. The van der Waals surface area contributed by atoms with E-state index in [9.17, 15) is 9.59 Å². The second-order valence-corrected chi connectivity index (χ2v) is 5.29. The number of esters is 1. The Labute approximate surface area is 141 Å². The van der Waals surface area contributed by atoms with Crippen molar-refractivity contribution in [2.24, 2.45) is 0 Å². The van der Waals surface area contributed by atoms with E-state index in [0.717, 1.165) is 11.3 Å². The van der Waals surface area contributed by atoms with Gasteiger partial charge in [-0.2, -0.15) is 0 Å². The Bertz CT molecular complexity index is 668. The quantitative estimate of drug-likeness (QED) is 0.794. The van der Waals surface area contributed by atoms with E-state index in [4.69, 9.17) is 9.47 Å².